The molecule has 1 amide bonds. The Kier molecular flexibility index (Phi) is 4.31. The van der Waals surface area contributed by atoms with Crippen LogP contribution in [0.1, 0.15) is 12.0 Å². The summed E-state index contributed by atoms with van der Waals surface area (Å²) in [5.41, 5.74) is 2.96. The van der Waals surface area contributed by atoms with E-state index in [4.69, 9.17) is 0 Å². The van der Waals surface area contributed by atoms with Gasteiger partial charge >= 0.3 is 0 Å². The zero-order valence-electron chi connectivity index (χ0n) is 16.4. The predicted octanol–water partition coefficient (Wildman–Crippen LogP) is 2.63. The maximum atomic E-state index is 12.9. The molecule has 2 N–H and O–H groups in total. The number of aryl methyl sites for hydroxylation is 1. The largest absolute Gasteiger partial charge is 0.344 e. The topological polar surface area (TPSA) is 95.9 Å². The van der Waals surface area contributed by atoms with Gasteiger partial charge < -0.3 is 10.2 Å². The quantitative estimate of drug-likeness (QED) is 0.549. The number of fused-ring (bicyclic) bond motifs is 1. The first-order chi connectivity index (χ1) is 14.6. The Labute approximate surface area is 172 Å². The Morgan fingerprint density at radius 1 is 1.03 bits per heavy atom. The normalized spacial score (nSPS) is 16.4. The minimum absolute atomic E-state index is 0.0434. The molecule has 2 aromatic carbocycles. The van der Waals surface area contributed by atoms with Crippen LogP contribution in [0.2, 0.25) is 0 Å². The number of amides is 1. The summed E-state index contributed by atoms with van der Waals surface area (Å²) in [6.07, 6.45) is 2.12. The van der Waals surface area contributed by atoms with Gasteiger partial charge in [0, 0.05) is 12.2 Å². The van der Waals surface area contributed by atoms with Crippen molar-refractivity contribution in [2.75, 3.05) is 16.8 Å². The number of H-pyrrole nitrogens is 1. The van der Waals surface area contributed by atoms with Crippen LogP contribution in [0, 0.1) is 6.92 Å². The van der Waals surface area contributed by atoms with Crippen molar-refractivity contribution in [1.29, 1.82) is 0 Å². The van der Waals surface area contributed by atoms with Crippen LogP contribution in [-0.2, 0) is 4.79 Å². The fraction of sp³-hybridized carbons (Fsp3) is 0.182. The molecule has 1 aliphatic heterocycles. The molecule has 150 valence electrons. The van der Waals surface area contributed by atoms with E-state index >= 15 is 0 Å². The van der Waals surface area contributed by atoms with Gasteiger partial charge in [-0.3, -0.25) is 14.6 Å². The van der Waals surface area contributed by atoms with Gasteiger partial charge in [-0.25, -0.2) is 4.68 Å². The number of benzene rings is 2. The van der Waals surface area contributed by atoms with Gasteiger partial charge in [-0.1, -0.05) is 35.9 Å². The number of nitrogens with zero attached hydrogens (tertiary/aromatic N) is 4. The zero-order valence-corrected chi connectivity index (χ0v) is 16.4. The van der Waals surface area contributed by atoms with E-state index in [-0.39, 0.29) is 17.4 Å². The molecule has 0 radical (unpaired) electrons. The molecule has 1 fully saturated rings. The first-order valence-electron chi connectivity index (χ1n) is 9.78. The molecule has 4 aromatic rings. The third-order valence-corrected chi connectivity index (χ3v) is 5.30. The fourth-order valence-corrected chi connectivity index (χ4v) is 3.70. The summed E-state index contributed by atoms with van der Waals surface area (Å²) in [5, 5.41) is 7.80. The molecular formula is C22H20N6O2. The number of nitrogens with one attached hydrogen (secondary N) is 2. The van der Waals surface area contributed by atoms with Crippen LogP contribution in [0.3, 0.4) is 0 Å². The fourth-order valence-electron chi connectivity index (χ4n) is 3.70. The molecule has 8 nitrogen and oxygen atoms in total. The Morgan fingerprint density at radius 3 is 2.57 bits per heavy atom. The lowest BCUT2D eigenvalue weighted by molar-refractivity contribution is -0.117. The highest BCUT2D eigenvalue weighted by Gasteiger charge is 2.33. The Bertz CT molecular complexity index is 1280. The van der Waals surface area contributed by atoms with Crippen molar-refractivity contribution >= 4 is 28.6 Å². The number of hydrogen-bond acceptors (Lipinski definition) is 5. The highest BCUT2D eigenvalue weighted by molar-refractivity contribution is 6.00. The Balaban J connectivity index is 1.44. The van der Waals surface area contributed by atoms with Gasteiger partial charge in [0.05, 0.1) is 11.9 Å². The lowest BCUT2D eigenvalue weighted by Gasteiger charge is -2.17. The van der Waals surface area contributed by atoms with Gasteiger partial charge in [-0.2, -0.15) is 10.1 Å². The maximum Gasteiger partial charge on any atom is 0.263 e. The van der Waals surface area contributed by atoms with Crippen molar-refractivity contribution < 1.29 is 4.79 Å². The minimum Gasteiger partial charge on any atom is -0.344 e. The molecule has 8 heteroatoms. The molecule has 1 unspecified atom stereocenters. The summed E-state index contributed by atoms with van der Waals surface area (Å²) in [5.74, 6) is 0.215. The molecule has 3 heterocycles. The second-order valence-corrected chi connectivity index (χ2v) is 7.35. The number of aromatic nitrogens is 4. The lowest BCUT2D eigenvalue weighted by atomic mass is 10.2. The standard InChI is InChI=1S/C22H20N6O2/c1-14-7-9-15(10-8-14)27-12-11-18(21(27)30)24-22-25-19-17(20(29)26-22)13-23-28(19)16-5-3-2-4-6-16/h2-10,13,18H,11-12H2,1H3,(H2,24,25,26,29). The summed E-state index contributed by atoms with van der Waals surface area (Å²) < 4.78 is 1.62. The van der Waals surface area contributed by atoms with Crippen LogP contribution >= 0.6 is 0 Å². The number of hydrogen-bond donors (Lipinski definition) is 2. The van der Waals surface area contributed by atoms with Crippen LogP contribution in [0.25, 0.3) is 16.7 Å². The zero-order chi connectivity index (χ0) is 20.7. The van der Waals surface area contributed by atoms with E-state index in [0.717, 1.165) is 16.9 Å². The van der Waals surface area contributed by atoms with E-state index in [1.165, 1.54) is 6.20 Å². The highest BCUT2D eigenvalue weighted by Crippen LogP contribution is 2.23. The predicted molar refractivity (Wildman–Crippen MR) is 115 cm³/mol. The van der Waals surface area contributed by atoms with Crippen LogP contribution in [-0.4, -0.2) is 38.2 Å². The summed E-state index contributed by atoms with van der Waals surface area (Å²) in [6.45, 7) is 2.62. The molecule has 2 aromatic heterocycles. The van der Waals surface area contributed by atoms with Crippen LogP contribution in [0.5, 0.6) is 0 Å². The van der Waals surface area contributed by atoms with Crippen LogP contribution < -0.4 is 15.8 Å². The molecule has 0 aliphatic carbocycles. The molecule has 1 atom stereocenters. The van der Waals surface area contributed by atoms with Gasteiger partial charge in [0.25, 0.3) is 5.56 Å². The van der Waals surface area contributed by atoms with E-state index in [1.807, 2.05) is 61.5 Å². The van der Waals surface area contributed by atoms with E-state index in [0.29, 0.717) is 24.0 Å². The van der Waals surface area contributed by atoms with E-state index in [1.54, 1.807) is 9.58 Å². The number of rotatable bonds is 4. The number of carbonyl (C=O) groups is 1. The number of carbonyl (C=O) groups excluding carboxylic acids is 1. The van der Waals surface area contributed by atoms with E-state index < -0.39 is 6.04 Å². The molecule has 1 saturated heterocycles. The third kappa shape index (κ3) is 3.12. The Morgan fingerprint density at radius 2 is 1.80 bits per heavy atom. The van der Waals surface area contributed by atoms with Gasteiger partial charge in [-0.05, 0) is 37.6 Å². The highest BCUT2D eigenvalue weighted by atomic mass is 16.2. The van der Waals surface area contributed by atoms with E-state index in [2.05, 4.69) is 20.4 Å². The van der Waals surface area contributed by atoms with Crippen molar-refractivity contribution in [3.63, 3.8) is 0 Å². The number of para-hydroxylation sites is 1. The van der Waals surface area contributed by atoms with Gasteiger partial charge in [0.15, 0.2) is 5.65 Å². The number of anilines is 2. The Hall–Kier alpha value is -3.94. The summed E-state index contributed by atoms with van der Waals surface area (Å²) >= 11 is 0. The monoisotopic (exact) mass is 400 g/mol. The molecule has 0 spiro atoms. The maximum absolute atomic E-state index is 12.9. The van der Waals surface area contributed by atoms with Gasteiger partial charge in [0.1, 0.15) is 11.4 Å². The third-order valence-electron chi connectivity index (χ3n) is 5.30. The molecule has 0 bridgehead atoms. The number of aromatic amines is 1. The first-order valence-corrected chi connectivity index (χ1v) is 9.78. The second-order valence-electron chi connectivity index (χ2n) is 7.35. The van der Waals surface area contributed by atoms with Crippen LogP contribution in [0.4, 0.5) is 11.6 Å². The van der Waals surface area contributed by atoms with Crippen molar-refractivity contribution in [2.45, 2.75) is 19.4 Å². The molecule has 5 rings (SSSR count). The van der Waals surface area contributed by atoms with E-state index in [9.17, 15) is 9.59 Å². The summed E-state index contributed by atoms with van der Waals surface area (Å²) in [4.78, 5) is 34.5. The lowest BCUT2D eigenvalue weighted by Crippen LogP contribution is -2.34. The van der Waals surface area contributed by atoms with Gasteiger partial charge in [0.2, 0.25) is 11.9 Å². The molecular weight excluding hydrogens is 380 g/mol. The minimum atomic E-state index is -0.458. The summed E-state index contributed by atoms with van der Waals surface area (Å²) in [7, 11) is 0. The van der Waals surface area contributed by atoms with Crippen molar-refractivity contribution in [3.8, 4) is 5.69 Å². The van der Waals surface area contributed by atoms with Crippen molar-refractivity contribution in [2.24, 2.45) is 0 Å². The molecule has 0 saturated carbocycles. The van der Waals surface area contributed by atoms with Crippen molar-refractivity contribution in [1.82, 2.24) is 19.7 Å². The van der Waals surface area contributed by atoms with Crippen LogP contribution in [0.15, 0.2) is 65.6 Å². The SMILES string of the molecule is Cc1ccc(N2CCC(Nc3nc4c(cnn4-c4ccccc4)c(=O)[nH]3)C2=O)cc1. The van der Waals surface area contributed by atoms with Crippen molar-refractivity contribution in [3.05, 3.63) is 76.7 Å². The first kappa shape index (κ1) is 18.1. The molecule has 30 heavy (non-hydrogen) atoms. The average molecular weight is 400 g/mol. The summed E-state index contributed by atoms with van der Waals surface area (Å²) in [6, 6.07) is 16.9. The average Bonchev–Trinajstić information content (AvgIpc) is 3.34. The second kappa shape index (κ2) is 7.14. The van der Waals surface area contributed by atoms with Gasteiger partial charge in [-0.15, -0.1) is 0 Å². The molecule has 1 aliphatic rings. The smallest absolute Gasteiger partial charge is 0.263 e.